The molecular weight excluding hydrogens is 354 g/mol. The van der Waals surface area contributed by atoms with E-state index < -0.39 is 0 Å². The maximum Gasteiger partial charge on any atom is 0.323 e. The van der Waals surface area contributed by atoms with E-state index in [0.29, 0.717) is 34.6 Å². The van der Waals surface area contributed by atoms with E-state index in [9.17, 15) is 9.59 Å². The minimum atomic E-state index is -0.377. The van der Waals surface area contributed by atoms with Crippen LogP contribution in [0.1, 0.15) is 13.8 Å². The lowest BCUT2D eigenvalue weighted by Gasteiger charge is -2.31. The Kier molecular flexibility index (Phi) is 5.32. The molecule has 6 nitrogen and oxygen atoms in total. The fourth-order valence-corrected chi connectivity index (χ4v) is 2.80. The molecule has 0 unspecified atom stereocenters. The van der Waals surface area contributed by atoms with E-state index in [1.165, 1.54) is 0 Å². The van der Waals surface area contributed by atoms with Gasteiger partial charge in [0.2, 0.25) is 0 Å². The summed E-state index contributed by atoms with van der Waals surface area (Å²) in [6, 6.07) is 11.7. The predicted octanol–water partition coefficient (Wildman–Crippen LogP) is 4.37. The summed E-state index contributed by atoms with van der Waals surface area (Å²) in [4.78, 5) is 26.0. The molecule has 136 valence electrons. The predicted molar refractivity (Wildman–Crippen MR) is 103 cm³/mol. The summed E-state index contributed by atoms with van der Waals surface area (Å²) < 4.78 is 5.52. The fourth-order valence-electron chi connectivity index (χ4n) is 2.67. The average Bonchev–Trinajstić information content (AvgIpc) is 2.59. The van der Waals surface area contributed by atoms with Gasteiger partial charge in [-0.3, -0.25) is 4.79 Å². The number of hydrogen-bond donors (Lipinski definition) is 2. The topological polar surface area (TPSA) is 70.7 Å². The molecule has 1 heterocycles. The first-order valence-electron chi connectivity index (χ1n) is 8.33. The van der Waals surface area contributed by atoms with Gasteiger partial charge in [0.25, 0.3) is 5.91 Å². The summed E-state index contributed by atoms with van der Waals surface area (Å²) in [6.45, 7) is 4.73. The van der Waals surface area contributed by atoms with Crippen molar-refractivity contribution in [3.8, 4) is 5.75 Å². The molecule has 0 fully saturated rings. The lowest BCUT2D eigenvalue weighted by atomic mass is 10.1. The Hall–Kier alpha value is -2.73. The van der Waals surface area contributed by atoms with Crippen LogP contribution < -0.4 is 20.3 Å². The molecule has 3 rings (SSSR count). The molecule has 2 aromatic rings. The van der Waals surface area contributed by atoms with Crippen molar-refractivity contribution >= 4 is 40.6 Å². The summed E-state index contributed by atoms with van der Waals surface area (Å²) in [5, 5.41) is 6.08. The van der Waals surface area contributed by atoms with Gasteiger partial charge in [-0.05, 0) is 42.3 Å². The Labute approximate surface area is 157 Å². The fraction of sp³-hybridized carbons (Fsp3) is 0.263. The van der Waals surface area contributed by atoms with Crippen molar-refractivity contribution in [2.45, 2.75) is 13.8 Å². The van der Waals surface area contributed by atoms with Gasteiger partial charge in [-0.2, -0.15) is 0 Å². The van der Waals surface area contributed by atoms with Crippen LogP contribution in [0.2, 0.25) is 5.02 Å². The van der Waals surface area contributed by atoms with Crippen molar-refractivity contribution in [2.24, 2.45) is 5.92 Å². The Morgan fingerprint density at radius 2 is 1.81 bits per heavy atom. The highest BCUT2D eigenvalue weighted by molar-refractivity contribution is 6.30. The third-order valence-electron chi connectivity index (χ3n) is 3.81. The van der Waals surface area contributed by atoms with Crippen molar-refractivity contribution in [1.29, 1.82) is 0 Å². The quantitative estimate of drug-likeness (QED) is 0.836. The van der Waals surface area contributed by atoms with Gasteiger partial charge in [-0.1, -0.05) is 25.4 Å². The number of ether oxygens (including phenoxy) is 1. The lowest BCUT2D eigenvalue weighted by Crippen LogP contribution is -2.40. The molecule has 2 N–H and O–H groups in total. The molecule has 1 aliphatic rings. The van der Waals surface area contributed by atoms with Crippen LogP contribution in [0.15, 0.2) is 42.5 Å². The normalized spacial score (nSPS) is 13.2. The molecule has 0 saturated heterocycles. The Morgan fingerprint density at radius 1 is 1.15 bits per heavy atom. The van der Waals surface area contributed by atoms with Crippen LogP contribution in [0.5, 0.6) is 5.75 Å². The Morgan fingerprint density at radius 3 is 2.50 bits per heavy atom. The lowest BCUT2D eigenvalue weighted by molar-refractivity contribution is -0.121. The first kappa shape index (κ1) is 18.1. The first-order valence-corrected chi connectivity index (χ1v) is 8.71. The van der Waals surface area contributed by atoms with Gasteiger partial charge in [0, 0.05) is 29.0 Å². The van der Waals surface area contributed by atoms with Crippen LogP contribution in [0.4, 0.5) is 21.9 Å². The van der Waals surface area contributed by atoms with Crippen molar-refractivity contribution in [3.05, 3.63) is 47.5 Å². The summed E-state index contributed by atoms with van der Waals surface area (Å²) in [6.07, 6.45) is 0. The number of carbonyl (C=O) groups excluding carboxylic acids is 2. The first-order chi connectivity index (χ1) is 12.4. The molecule has 0 aliphatic carbocycles. The average molecular weight is 374 g/mol. The van der Waals surface area contributed by atoms with Crippen LogP contribution in [0, 0.1) is 5.92 Å². The summed E-state index contributed by atoms with van der Waals surface area (Å²) in [7, 11) is 0. The SMILES string of the molecule is CC(C)CN1C(=O)COc2cc(NC(=O)Nc3ccc(Cl)cc3)ccc21. The molecule has 0 radical (unpaired) electrons. The largest absolute Gasteiger partial charge is 0.481 e. The van der Waals surface area contributed by atoms with Gasteiger partial charge in [-0.25, -0.2) is 4.79 Å². The highest BCUT2D eigenvalue weighted by Crippen LogP contribution is 2.35. The second-order valence-electron chi connectivity index (χ2n) is 6.46. The number of halogens is 1. The molecule has 3 amide bonds. The number of rotatable bonds is 4. The number of benzene rings is 2. The van der Waals surface area contributed by atoms with Gasteiger partial charge in [-0.15, -0.1) is 0 Å². The molecule has 0 saturated carbocycles. The number of fused-ring (bicyclic) bond motifs is 1. The van der Waals surface area contributed by atoms with Crippen molar-refractivity contribution in [2.75, 3.05) is 28.7 Å². The van der Waals surface area contributed by atoms with Crippen molar-refractivity contribution in [1.82, 2.24) is 0 Å². The third-order valence-corrected chi connectivity index (χ3v) is 4.06. The second-order valence-corrected chi connectivity index (χ2v) is 6.89. The minimum Gasteiger partial charge on any atom is -0.481 e. The number of hydrogen-bond acceptors (Lipinski definition) is 3. The van der Waals surface area contributed by atoms with E-state index in [0.717, 1.165) is 5.69 Å². The molecule has 2 aromatic carbocycles. The molecular formula is C19H20ClN3O3. The van der Waals surface area contributed by atoms with E-state index in [1.54, 1.807) is 47.4 Å². The van der Waals surface area contributed by atoms with Crippen molar-refractivity contribution < 1.29 is 14.3 Å². The van der Waals surface area contributed by atoms with Crippen LogP contribution >= 0.6 is 11.6 Å². The molecule has 0 aromatic heterocycles. The molecule has 0 spiro atoms. The Balaban J connectivity index is 1.71. The van der Waals surface area contributed by atoms with Gasteiger partial charge < -0.3 is 20.3 Å². The summed E-state index contributed by atoms with van der Waals surface area (Å²) in [5.41, 5.74) is 1.93. The highest BCUT2D eigenvalue weighted by Gasteiger charge is 2.26. The van der Waals surface area contributed by atoms with Gasteiger partial charge in [0.05, 0.1) is 5.69 Å². The maximum atomic E-state index is 12.1. The molecule has 26 heavy (non-hydrogen) atoms. The monoisotopic (exact) mass is 373 g/mol. The standard InChI is InChI=1S/C19H20ClN3O3/c1-12(2)10-23-16-8-7-15(9-17(16)26-11-18(23)24)22-19(25)21-14-5-3-13(20)4-6-14/h3-9,12H,10-11H2,1-2H3,(H2,21,22,25). The van der Waals surface area contributed by atoms with Crippen LogP contribution in [0.25, 0.3) is 0 Å². The minimum absolute atomic E-state index is 0.000143. The second kappa shape index (κ2) is 7.66. The van der Waals surface area contributed by atoms with Gasteiger partial charge >= 0.3 is 6.03 Å². The van der Waals surface area contributed by atoms with E-state index in [1.807, 2.05) is 0 Å². The maximum absolute atomic E-state index is 12.1. The van der Waals surface area contributed by atoms with Crippen LogP contribution in [-0.2, 0) is 4.79 Å². The third kappa shape index (κ3) is 4.26. The zero-order chi connectivity index (χ0) is 18.7. The van der Waals surface area contributed by atoms with Crippen molar-refractivity contribution in [3.63, 3.8) is 0 Å². The number of anilines is 3. The zero-order valence-electron chi connectivity index (χ0n) is 14.6. The number of nitrogens with one attached hydrogen (secondary N) is 2. The van der Waals surface area contributed by atoms with Crippen LogP contribution in [0.3, 0.4) is 0 Å². The number of nitrogens with zero attached hydrogens (tertiary/aromatic N) is 1. The smallest absolute Gasteiger partial charge is 0.323 e. The molecule has 1 aliphatic heterocycles. The van der Waals surface area contributed by atoms with E-state index in [-0.39, 0.29) is 18.5 Å². The van der Waals surface area contributed by atoms with E-state index >= 15 is 0 Å². The van der Waals surface area contributed by atoms with Gasteiger partial charge in [0.1, 0.15) is 5.75 Å². The molecule has 0 bridgehead atoms. The Bertz CT molecular complexity index is 821. The molecule has 7 heteroatoms. The number of amides is 3. The highest BCUT2D eigenvalue weighted by atomic mass is 35.5. The molecule has 0 atom stereocenters. The van der Waals surface area contributed by atoms with E-state index in [2.05, 4.69) is 24.5 Å². The van der Waals surface area contributed by atoms with Crippen LogP contribution in [-0.4, -0.2) is 25.1 Å². The summed E-state index contributed by atoms with van der Waals surface area (Å²) >= 11 is 5.83. The van der Waals surface area contributed by atoms with E-state index in [4.69, 9.17) is 16.3 Å². The zero-order valence-corrected chi connectivity index (χ0v) is 15.3. The number of carbonyl (C=O) groups is 2. The van der Waals surface area contributed by atoms with Gasteiger partial charge in [0.15, 0.2) is 6.61 Å². The number of urea groups is 1. The summed E-state index contributed by atoms with van der Waals surface area (Å²) in [5.74, 6) is 0.856.